The summed E-state index contributed by atoms with van der Waals surface area (Å²) in [6.45, 7) is 4.32. The van der Waals surface area contributed by atoms with Crippen molar-refractivity contribution >= 4 is 17.7 Å². The Labute approximate surface area is 111 Å². The molecule has 0 radical (unpaired) electrons. The van der Waals surface area contributed by atoms with Gasteiger partial charge in [0.2, 0.25) is 5.95 Å². The van der Waals surface area contributed by atoms with Crippen molar-refractivity contribution in [2.75, 3.05) is 5.73 Å². The lowest BCUT2D eigenvalue weighted by molar-refractivity contribution is 0.475. The first-order chi connectivity index (χ1) is 8.61. The van der Waals surface area contributed by atoms with E-state index in [1.165, 1.54) is 0 Å². The Bertz CT molecular complexity index is 517. The van der Waals surface area contributed by atoms with E-state index in [1.54, 1.807) is 16.3 Å². The third-order valence-corrected chi connectivity index (χ3v) is 3.98. The molecule has 0 amide bonds. The van der Waals surface area contributed by atoms with E-state index in [0.717, 1.165) is 23.0 Å². The number of hydrogen-bond acceptors (Lipinski definition) is 5. The van der Waals surface area contributed by atoms with Crippen LogP contribution in [0, 0.1) is 0 Å². The summed E-state index contributed by atoms with van der Waals surface area (Å²) in [6.07, 6.45) is 3.10. The van der Waals surface area contributed by atoms with E-state index in [2.05, 4.69) is 29.1 Å². The van der Waals surface area contributed by atoms with Crippen molar-refractivity contribution in [2.24, 2.45) is 7.05 Å². The highest BCUT2D eigenvalue weighted by atomic mass is 32.2. The molecule has 6 nitrogen and oxygen atoms in total. The van der Waals surface area contributed by atoms with Gasteiger partial charge in [-0.2, -0.15) is 5.10 Å². The fourth-order valence-corrected chi connectivity index (χ4v) is 2.29. The second-order valence-electron chi connectivity index (χ2n) is 4.23. The largest absolute Gasteiger partial charge is 0.368 e. The normalized spacial score (nSPS) is 12.8. The van der Waals surface area contributed by atoms with Crippen LogP contribution in [0.5, 0.6) is 0 Å². The summed E-state index contributed by atoms with van der Waals surface area (Å²) in [6, 6.07) is 2.48. The van der Waals surface area contributed by atoms with Crippen LogP contribution in [0.2, 0.25) is 0 Å². The van der Waals surface area contributed by atoms with Gasteiger partial charge in [0, 0.05) is 25.0 Å². The minimum atomic E-state index is 0.433. The molecule has 0 bridgehead atoms. The number of hydrogen-bond donors (Lipinski definition) is 1. The lowest BCUT2D eigenvalue weighted by atomic mass is 10.3. The number of rotatable bonds is 5. The Kier molecular flexibility index (Phi) is 3.90. The average Bonchev–Trinajstić information content (AvgIpc) is 2.96. The number of thioether (sulfide) groups is 1. The van der Waals surface area contributed by atoms with Crippen molar-refractivity contribution in [3.63, 3.8) is 0 Å². The molecule has 18 heavy (non-hydrogen) atoms. The SMILES string of the molecule is CCC(C)n1ccc(CSc2nnc(N)n2C)n1. The van der Waals surface area contributed by atoms with Gasteiger partial charge in [-0.1, -0.05) is 18.7 Å². The maximum absolute atomic E-state index is 5.63. The van der Waals surface area contributed by atoms with Gasteiger partial charge in [-0.15, -0.1) is 10.2 Å². The molecule has 1 unspecified atom stereocenters. The van der Waals surface area contributed by atoms with E-state index >= 15 is 0 Å². The van der Waals surface area contributed by atoms with Crippen molar-refractivity contribution in [2.45, 2.75) is 37.2 Å². The third kappa shape index (κ3) is 2.66. The molecule has 2 heterocycles. The summed E-state index contributed by atoms with van der Waals surface area (Å²) in [5, 5.41) is 13.2. The summed E-state index contributed by atoms with van der Waals surface area (Å²) >= 11 is 1.59. The number of nitrogens with two attached hydrogens (primary N) is 1. The van der Waals surface area contributed by atoms with Gasteiger partial charge in [0.15, 0.2) is 5.16 Å². The molecule has 98 valence electrons. The maximum Gasteiger partial charge on any atom is 0.222 e. The quantitative estimate of drug-likeness (QED) is 0.836. The highest BCUT2D eigenvalue weighted by molar-refractivity contribution is 7.98. The monoisotopic (exact) mass is 266 g/mol. The molecular formula is C11H18N6S. The molecule has 2 N–H and O–H groups in total. The van der Waals surface area contributed by atoms with Gasteiger partial charge in [-0.25, -0.2) is 0 Å². The highest BCUT2D eigenvalue weighted by Gasteiger charge is 2.09. The second kappa shape index (κ2) is 5.43. The second-order valence-corrected chi connectivity index (χ2v) is 5.18. The molecule has 2 aromatic rings. The summed E-state index contributed by atoms with van der Waals surface area (Å²) in [4.78, 5) is 0. The van der Waals surface area contributed by atoms with Crippen LogP contribution < -0.4 is 5.73 Å². The van der Waals surface area contributed by atoms with Gasteiger partial charge < -0.3 is 5.73 Å². The van der Waals surface area contributed by atoms with E-state index in [9.17, 15) is 0 Å². The van der Waals surface area contributed by atoms with Crippen molar-refractivity contribution in [3.8, 4) is 0 Å². The van der Waals surface area contributed by atoms with E-state index in [4.69, 9.17) is 5.73 Å². The van der Waals surface area contributed by atoms with Gasteiger partial charge in [0.1, 0.15) is 0 Å². The van der Waals surface area contributed by atoms with Gasteiger partial charge in [-0.3, -0.25) is 9.25 Å². The minimum Gasteiger partial charge on any atom is -0.368 e. The molecule has 1 atom stereocenters. The minimum absolute atomic E-state index is 0.433. The first kappa shape index (κ1) is 12.9. The average molecular weight is 266 g/mol. The number of nitrogens with zero attached hydrogens (tertiary/aromatic N) is 5. The van der Waals surface area contributed by atoms with Crippen LogP contribution in [-0.4, -0.2) is 24.5 Å². The van der Waals surface area contributed by atoms with Crippen LogP contribution >= 0.6 is 11.8 Å². The first-order valence-corrected chi connectivity index (χ1v) is 6.92. The van der Waals surface area contributed by atoms with Crippen LogP contribution in [0.4, 0.5) is 5.95 Å². The highest BCUT2D eigenvalue weighted by Crippen LogP contribution is 2.21. The van der Waals surface area contributed by atoms with Crippen LogP contribution in [0.25, 0.3) is 0 Å². The van der Waals surface area contributed by atoms with Gasteiger partial charge in [0.05, 0.1) is 5.69 Å². The number of nitrogen functional groups attached to an aromatic ring is 1. The van der Waals surface area contributed by atoms with Crippen molar-refractivity contribution in [1.82, 2.24) is 24.5 Å². The molecule has 0 saturated carbocycles. The predicted octanol–water partition coefficient (Wildman–Crippen LogP) is 1.86. The first-order valence-electron chi connectivity index (χ1n) is 5.93. The molecule has 2 rings (SSSR count). The number of anilines is 1. The maximum atomic E-state index is 5.63. The van der Waals surface area contributed by atoms with Crippen molar-refractivity contribution < 1.29 is 0 Å². The van der Waals surface area contributed by atoms with E-state index < -0.39 is 0 Å². The van der Waals surface area contributed by atoms with Crippen molar-refractivity contribution in [1.29, 1.82) is 0 Å². The zero-order valence-corrected chi connectivity index (χ0v) is 11.7. The molecule has 0 aromatic carbocycles. The van der Waals surface area contributed by atoms with Gasteiger partial charge in [-0.05, 0) is 19.4 Å². The van der Waals surface area contributed by atoms with E-state index in [1.807, 2.05) is 24.0 Å². The lowest BCUT2D eigenvalue weighted by Crippen LogP contribution is -2.04. The van der Waals surface area contributed by atoms with Crippen molar-refractivity contribution in [3.05, 3.63) is 18.0 Å². The molecule has 0 aliphatic rings. The fraction of sp³-hybridized carbons (Fsp3) is 0.545. The predicted molar refractivity (Wildman–Crippen MR) is 72.2 cm³/mol. The van der Waals surface area contributed by atoms with Crippen LogP contribution in [-0.2, 0) is 12.8 Å². The summed E-state index contributed by atoms with van der Waals surface area (Å²) < 4.78 is 3.78. The summed E-state index contributed by atoms with van der Waals surface area (Å²) in [5.41, 5.74) is 6.67. The molecular weight excluding hydrogens is 248 g/mol. The van der Waals surface area contributed by atoms with E-state index in [-0.39, 0.29) is 0 Å². The van der Waals surface area contributed by atoms with Gasteiger partial charge in [0.25, 0.3) is 0 Å². The number of aromatic nitrogens is 5. The summed E-state index contributed by atoms with van der Waals surface area (Å²) in [7, 11) is 1.86. The third-order valence-electron chi connectivity index (χ3n) is 2.92. The lowest BCUT2D eigenvalue weighted by Gasteiger charge is -2.07. The standard InChI is InChI=1S/C11H18N6S/c1-4-8(2)17-6-5-9(15-17)7-18-11-14-13-10(12)16(11)3/h5-6,8H,4,7H2,1-3H3,(H2,12,13). The summed E-state index contributed by atoms with van der Waals surface area (Å²) in [5.74, 6) is 1.21. The smallest absolute Gasteiger partial charge is 0.222 e. The zero-order chi connectivity index (χ0) is 13.1. The Hall–Kier alpha value is -1.50. The Balaban J connectivity index is 1.98. The topological polar surface area (TPSA) is 74.6 Å². The fourth-order valence-electron chi connectivity index (χ4n) is 1.48. The Morgan fingerprint density at radius 2 is 2.22 bits per heavy atom. The molecule has 0 aliphatic heterocycles. The Morgan fingerprint density at radius 1 is 1.44 bits per heavy atom. The van der Waals surface area contributed by atoms with Crippen LogP contribution in [0.3, 0.4) is 0 Å². The zero-order valence-electron chi connectivity index (χ0n) is 10.9. The van der Waals surface area contributed by atoms with Gasteiger partial charge >= 0.3 is 0 Å². The molecule has 0 spiro atoms. The molecule has 7 heteroatoms. The molecule has 0 saturated heterocycles. The molecule has 2 aromatic heterocycles. The molecule has 0 fully saturated rings. The van der Waals surface area contributed by atoms with Crippen LogP contribution in [0.1, 0.15) is 32.0 Å². The molecule has 0 aliphatic carbocycles. The Morgan fingerprint density at radius 3 is 2.83 bits per heavy atom. The van der Waals surface area contributed by atoms with E-state index in [0.29, 0.717) is 12.0 Å². The van der Waals surface area contributed by atoms with Crippen LogP contribution in [0.15, 0.2) is 17.4 Å².